The molecule has 192 valence electrons. The van der Waals surface area contributed by atoms with Gasteiger partial charge < -0.3 is 10.2 Å². The number of nitrogens with one attached hydrogen (secondary N) is 1. The zero-order valence-electron chi connectivity index (χ0n) is 22.5. The van der Waals surface area contributed by atoms with Crippen molar-refractivity contribution in [2.75, 3.05) is 19.6 Å². The van der Waals surface area contributed by atoms with Gasteiger partial charge in [-0.15, -0.1) is 0 Å². The lowest BCUT2D eigenvalue weighted by atomic mass is 10.1. The molecule has 0 unspecified atom stereocenters. The summed E-state index contributed by atoms with van der Waals surface area (Å²) in [5.41, 5.74) is 0. The minimum Gasteiger partial charge on any atom is -0.338 e. The standard InChI is InChI=1S/C29H60N2O/c1-4-7-10-13-16-17-20-23-26-30-29(32)31(27-24-21-18-14-11-8-5-2)28-25-22-19-15-12-9-6-3/h4-28H2,1-3H3,(H,30,32). The molecule has 3 nitrogen and oxygen atoms in total. The number of amides is 2. The molecule has 0 rings (SSSR count). The van der Waals surface area contributed by atoms with Crippen LogP contribution >= 0.6 is 0 Å². The fraction of sp³-hybridized carbons (Fsp3) is 0.966. The Labute approximate surface area is 202 Å². The lowest BCUT2D eigenvalue weighted by molar-refractivity contribution is 0.195. The molecule has 0 aliphatic carbocycles. The Morgan fingerprint density at radius 3 is 1.16 bits per heavy atom. The minimum atomic E-state index is 0.185. The molecule has 0 aromatic carbocycles. The predicted molar refractivity (Wildman–Crippen MR) is 144 cm³/mol. The van der Waals surface area contributed by atoms with E-state index in [0.29, 0.717) is 0 Å². The van der Waals surface area contributed by atoms with Crippen LogP contribution in [-0.2, 0) is 0 Å². The van der Waals surface area contributed by atoms with Crippen LogP contribution in [0.1, 0.15) is 162 Å². The van der Waals surface area contributed by atoms with E-state index in [1.807, 2.05) is 0 Å². The summed E-state index contributed by atoms with van der Waals surface area (Å²) in [5, 5.41) is 3.22. The second-order valence-corrected chi connectivity index (χ2v) is 9.94. The van der Waals surface area contributed by atoms with Gasteiger partial charge in [-0.25, -0.2) is 4.79 Å². The Kier molecular flexibility index (Phi) is 25.9. The van der Waals surface area contributed by atoms with Crippen molar-refractivity contribution >= 4 is 6.03 Å². The second kappa shape index (κ2) is 26.5. The minimum absolute atomic E-state index is 0.185. The zero-order chi connectivity index (χ0) is 23.5. The first-order valence-corrected chi connectivity index (χ1v) is 14.8. The molecule has 0 radical (unpaired) electrons. The van der Waals surface area contributed by atoms with Gasteiger partial charge in [-0.3, -0.25) is 0 Å². The van der Waals surface area contributed by atoms with E-state index in [2.05, 4.69) is 31.0 Å². The van der Waals surface area contributed by atoms with Gasteiger partial charge in [0.25, 0.3) is 0 Å². The highest BCUT2D eigenvalue weighted by atomic mass is 16.2. The van der Waals surface area contributed by atoms with Crippen LogP contribution in [0.15, 0.2) is 0 Å². The van der Waals surface area contributed by atoms with E-state index in [0.717, 1.165) is 38.9 Å². The molecule has 0 fully saturated rings. The molecule has 0 heterocycles. The average molecular weight is 453 g/mol. The van der Waals surface area contributed by atoms with Crippen LogP contribution in [0.5, 0.6) is 0 Å². The zero-order valence-corrected chi connectivity index (χ0v) is 22.5. The maximum Gasteiger partial charge on any atom is 0.317 e. The van der Waals surface area contributed by atoms with Crippen LogP contribution in [0.25, 0.3) is 0 Å². The Bertz CT molecular complexity index is 354. The van der Waals surface area contributed by atoms with Crippen LogP contribution in [0.4, 0.5) is 4.79 Å². The Morgan fingerprint density at radius 2 is 0.781 bits per heavy atom. The third-order valence-corrected chi connectivity index (χ3v) is 6.66. The molecule has 0 atom stereocenters. The summed E-state index contributed by atoms with van der Waals surface area (Å²) >= 11 is 0. The van der Waals surface area contributed by atoms with Gasteiger partial charge in [-0.05, 0) is 19.3 Å². The molecular weight excluding hydrogens is 392 g/mol. The van der Waals surface area contributed by atoms with E-state index in [9.17, 15) is 4.79 Å². The molecule has 2 amide bonds. The largest absolute Gasteiger partial charge is 0.338 e. The molecule has 0 aliphatic heterocycles. The molecule has 32 heavy (non-hydrogen) atoms. The Hall–Kier alpha value is -0.730. The lowest BCUT2D eigenvalue weighted by Crippen LogP contribution is -2.41. The van der Waals surface area contributed by atoms with Crippen molar-refractivity contribution in [1.82, 2.24) is 10.2 Å². The Balaban J connectivity index is 4.01. The second-order valence-electron chi connectivity index (χ2n) is 9.94. The van der Waals surface area contributed by atoms with E-state index in [1.54, 1.807) is 0 Å². The molecule has 0 bridgehead atoms. The summed E-state index contributed by atoms with van der Waals surface area (Å²) in [7, 11) is 0. The molecule has 1 N–H and O–H groups in total. The van der Waals surface area contributed by atoms with Gasteiger partial charge in [0.1, 0.15) is 0 Å². The number of rotatable bonds is 25. The molecule has 0 aromatic heterocycles. The van der Waals surface area contributed by atoms with Crippen LogP contribution < -0.4 is 5.32 Å². The number of hydrogen-bond acceptors (Lipinski definition) is 1. The maximum absolute atomic E-state index is 12.8. The highest BCUT2D eigenvalue weighted by molar-refractivity contribution is 5.74. The fourth-order valence-corrected chi connectivity index (χ4v) is 4.40. The number of unbranched alkanes of at least 4 members (excludes halogenated alkanes) is 19. The first-order chi connectivity index (χ1) is 15.8. The quantitative estimate of drug-likeness (QED) is 0.137. The van der Waals surface area contributed by atoms with Gasteiger partial charge in [0.15, 0.2) is 0 Å². The number of nitrogens with zero attached hydrogens (tertiary/aromatic N) is 1. The molecule has 0 aromatic rings. The number of urea groups is 1. The van der Waals surface area contributed by atoms with Crippen LogP contribution in [0.3, 0.4) is 0 Å². The summed E-state index contributed by atoms with van der Waals surface area (Å²) in [6.45, 7) is 9.53. The van der Waals surface area contributed by atoms with Crippen LogP contribution in [-0.4, -0.2) is 30.6 Å². The van der Waals surface area contributed by atoms with Gasteiger partial charge >= 0.3 is 6.03 Å². The van der Waals surface area contributed by atoms with Crippen LogP contribution in [0.2, 0.25) is 0 Å². The molecule has 0 saturated carbocycles. The predicted octanol–water partition coefficient (Wildman–Crippen LogP) is 9.64. The summed E-state index contributed by atoms with van der Waals surface area (Å²) in [4.78, 5) is 14.9. The average Bonchev–Trinajstić information content (AvgIpc) is 2.80. The molecule has 3 heteroatoms. The topological polar surface area (TPSA) is 32.3 Å². The summed E-state index contributed by atoms with van der Waals surface area (Å²) < 4.78 is 0. The summed E-state index contributed by atoms with van der Waals surface area (Å²) in [5.74, 6) is 0. The van der Waals surface area contributed by atoms with Gasteiger partial charge in [0.2, 0.25) is 0 Å². The summed E-state index contributed by atoms with van der Waals surface area (Å²) in [6.07, 6.45) is 28.8. The van der Waals surface area contributed by atoms with E-state index in [4.69, 9.17) is 0 Å². The first kappa shape index (κ1) is 31.3. The highest BCUT2D eigenvalue weighted by Gasteiger charge is 2.12. The van der Waals surface area contributed by atoms with Crippen molar-refractivity contribution in [3.63, 3.8) is 0 Å². The number of carbonyl (C=O) groups is 1. The third kappa shape index (κ3) is 22.5. The van der Waals surface area contributed by atoms with Crippen molar-refractivity contribution < 1.29 is 4.79 Å². The fourth-order valence-electron chi connectivity index (χ4n) is 4.40. The van der Waals surface area contributed by atoms with E-state index in [1.165, 1.54) is 122 Å². The van der Waals surface area contributed by atoms with Crippen molar-refractivity contribution in [2.24, 2.45) is 0 Å². The maximum atomic E-state index is 12.8. The molecule has 0 aliphatic rings. The van der Waals surface area contributed by atoms with Crippen molar-refractivity contribution in [2.45, 2.75) is 162 Å². The van der Waals surface area contributed by atoms with E-state index >= 15 is 0 Å². The lowest BCUT2D eigenvalue weighted by Gasteiger charge is -2.23. The molecule has 0 saturated heterocycles. The smallest absolute Gasteiger partial charge is 0.317 e. The van der Waals surface area contributed by atoms with Crippen LogP contribution in [0, 0.1) is 0 Å². The molecular formula is C29H60N2O. The highest BCUT2D eigenvalue weighted by Crippen LogP contribution is 2.11. The third-order valence-electron chi connectivity index (χ3n) is 6.66. The van der Waals surface area contributed by atoms with Gasteiger partial charge in [-0.1, -0.05) is 143 Å². The normalized spacial score (nSPS) is 11.1. The van der Waals surface area contributed by atoms with Crippen molar-refractivity contribution in [1.29, 1.82) is 0 Å². The van der Waals surface area contributed by atoms with Gasteiger partial charge in [0, 0.05) is 19.6 Å². The number of carbonyl (C=O) groups excluding carboxylic acids is 1. The number of hydrogen-bond donors (Lipinski definition) is 1. The van der Waals surface area contributed by atoms with E-state index < -0.39 is 0 Å². The van der Waals surface area contributed by atoms with Crippen molar-refractivity contribution in [3.05, 3.63) is 0 Å². The summed E-state index contributed by atoms with van der Waals surface area (Å²) in [6, 6.07) is 0.185. The van der Waals surface area contributed by atoms with Crippen molar-refractivity contribution in [3.8, 4) is 0 Å². The first-order valence-electron chi connectivity index (χ1n) is 14.8. The van der Waals surface area contributed by atoms with E-state index in [-0.39, 0.29) is 6.03 Å². The Morgan fingerprint density at radius 1 is 0.469 bits per heavy atom. The SMILES string of the molecule is CCCCCCCCCCNC(=O)N(CCCCCCCCC)CCCCCCCCC. The van der Waals surface area contributed by atoms with Gasteiger partial charge in [0.05, 0.1) is 0 Å². The monoisotopic (exact) mass is 452 g/mol. The molecule has 0 spiro atoms. The van der Waals surface area contributed by atoms with Gasteiger partial charge in [-0.2, -0.15) is 0 Å².